The molecule has 2 aromatic heterocycles. The van der Waals surface area contributed by atoms with Crippen molar-refractivity contribution < 1.29 is 4.52 Å². The molecule has 3 N–H and O–H groups in total. The molecule has 2 aromatic rings. The summed E-state index contributed by atoms with van der Waals surface area (Å²) in [6.45, 7) is 0. The molecule has 1 saturated carbocycles. The Labute approximate surface area is 116 Å². The van der Waals surface area contributed by atoms with E-state index in [0.717, 1.165) is 25.7 Å². The summed E-state index contributed by atoms with van der Waals surface area (Å²) in [5.74, 6) is 0.853. The van der Waals surface area contributed by atoms with Crippen LogP contribution in [0.5, 0.6) is 0 Å². The second-order valence-corrected chi connectivity index (χ2v) is 5.42. The summed E-state index contributed by atoms with van der Waals surface area (Å²) in [5.41, 5.74) is 6.26. The molecule has 1 aliphatic carbocycles. The summed E-state index contributed by atoms with van der Waals surface area (Å²) in [5, 5.41) is 4.03. The molecule has 1 fully saturated rings. The third-order valence-corrected chi connectivity index (χ3v) is 3.87. The van der Waals surface area contributed by atoms with Crippen LogP contribution < -0.4 is 11.3 Å². The molecular weight excluding hydrogens is 256 g/mol. The highest BCUT2D eigenvalue weighted by atomic mass is 16.5. The van der Waals surface area contributed by atoms with Gasteiger partial charge in [-0.3, -0.25) is 4.79 Å². The fourth-order valence-electron chi connectivity index (χ4n) is 2.69. The van der Waals surface area contributed by atoms with Gasteiger partial charge in [0.25, 0.3) is 5.89 Å². The maximum Gasteiger partial charge on any atom is 0.274 e. The minimum atomic E-state index is -0.507. The molecule has 2 heterocycles. The predicted molar refractivity (Wildman–Crippen MR) is 73.9 cm³/mol. The summed E-state index contributed by atoms with van der Waals surface area (Å²) in [4.78, 5) is 18.4. The summed E-state index contributed by atoms with van der Waals surface area (Å²) >= 11 is 0. The van der Waals surface area contributed by atoms with Crippen LogP contribution in [0.1, 0.15) is 44.3 Å². The first-order valence-electron chi connectivity index (χ1n) is 7.00. The minimum Gasteiger partial charge on any atom is -0.332 e. The molecular formula is C14H18N4O2. The van der Waals surface area contributed by atoms with Crippen LogP contribution in [0.15, 0.2) is 27.5 Å². The Morgan fingerprint density at radius 2 is 1.95 bits per heavy atom. The molecule has 0 spiro atoms. The van der Waals surface area contributed by atoms with Crippen molar-refractivity contribution >= 4 is 0 Å². The van der Waals surface area contributed by atoms with Gasteiger partial charge < -0.3 is 15.2 Å². The molecule has 3 rings (SSSR count). The van der Waals surface area contributed by atoms with Gasteiger partial charge in [0.1, 0.15) is 5.69 Å². The van der Waals surface area contributed by atoms with Crippen molar-refractivity contribution in [3.8, 4) is 11.6 Å². The largest absolute Gasteiger partial charge is 0.332 e. The molecule has 1 aliphatic rings. The maximum atomic E-state index is 11.3. The number of hydrogen-bond donors (Lipinski definition) is 2. The lowest BCUT2D eigenvalue weighted by molar-refractivity contribution is 0.334. The van der Waals surface area contributed by atoms with Gasteiger partial charge in [0.15, 0.2) is 5.82 Å². The molecule has 0 radical (unpaired) electrons. The third kappa shape index (κ3) is 2.51. The lowest BCUT2D eigenvalue weighted by Crippen LogP contribution is -2.37. The Kier molecular flexibility index (Phi) is 3.40. The minimum absolute atomic E-state index is 0.195. The SMILES string of the molecule is NC1(c2noc(-c3cccc(=O)[nH]3)n2)CCCCCC1. The van der Waals surface area contributed by atoms with Gasteiger partial charge in [0, 0.05) is 6.07 Å². The molecule has 0 aromatic carbocycles. The number of nitrogens with one attached hydrogen (secondary N) is 1. The highest BCUT2D eigenvalue weighted by Crippen LogP contribution is 2.32. The highest BCUT2D eigenvalue weighted by molar-refractivity contribution is 5.45. The Balaban J connectivity index is 1.91. The topological polar surface area (TPSA) is 97.8 Å². The van der Waals surface area contributed by atoms with E-state index in [1.165, 1.54) is 18.9 Å². The van der Waals surface area contributed by atoms with Gasteiger partial charge >= 0.3 is 0 Å². The second-order valence-electron chi connectivity index (χ2n) is 5.42. The van der Waals surface area contributed by atoms with Crippen molar-refractivity contribution in [2.45, 2.75) is 44.1 Å². The fraction of sp³-hybridized carbons (Fsp3) is 0.500. The van der Waals surface area contributed by atoms with Crippen molar-refractivity contribution in [2.75, 3.05) is 0 Å². The van der Waals surface area contributed by atoms with E-state index in [-0.39, 0.29) is 5.56 Å². The number of aromatic nitrogens is 3. The average molecular weight is 274 g/mol. The van der Waals surface area contributed by atoms with Crippen LogP contribution in [0.2, 0.25) is 0 Å². The normalized spacial score (nSPS) is 18.6. The summed E-state index contributed by atoms with van der Waals surface area (Å²) < 4.78 is 5.25. The number of H-pyrrole nitrogens is 1. The van der Waals surface area contributed by atoms with Gasteiger partial charge in [0.2, 0.25) is 5.56 Å². The summed E-state index contributed by atoms with van der Waals surface area (Å²) in [6, 6.07) is 4.83. The Bertz CT molecular complexity index is 638. The lowest BCUT2D eigenvalue weighted by atomic mass is 9.91. The number of pyridine rings is 1. The fourth-order valence-corrected chi connectivity index (χ4v) is 2.69. The van der Waals surface area contributed by atoms with Gasteiger partial charge in [-0.1, -0.05) is 36.9 Å². The van der Waals surface area contributed by atoms with Crippen LogP contribution in [0, 0.1) is 0 Å². The van der Waals surface area contributed by atoms with E-state index in [1.807, 2.05) is 0 Å². The van der Waals surface area contributed by atoms with Crippen LogP contribution >= 0.6 is 0 Å². The molecule has 0 saturated heterocycles. The number of rotatable bonds is 2. The van der Waals surface area contributed by atoms with E-state index in [1.54, 1.807) is 12.1 Å². The molecule has 0 bridgehead atoms. The Morgan fingerprint density at radius 1 is 1.20 bits per heavy atom. The van der Waals surface area contributed by atoms with Crippen molar-refractivity contribution in [3.05, 3.63) is 34.4 Å². The van der Waals surface area contributed by atoms with Crippen LogP contribution in [-0.4, -0.2) is 15.1 Å². The first kappa shape index (κ1) is 13.1. The molecule has 106 valence electrons. The second kappa shape index (κ2) is 5.20. The van der Waals surface area contributed by atoms with Gasteiger partial charge in [-0.2, -0.15) is 4.98 Å². The summed E-state index contributed by atoms with van der Waals surface area (Å²) in [7, 11) is 0. The van der Waals surface area contributed by atoms with Crippen LogP contribution in [0.3, 0.4) is 0 Å². The number of aromatic amines is 1. The maximum absolute atomic E-state index is 11.3. The van der Waals surface area contributed by atoms with E-state index in [9.17, 15) is 4.79 Å². The first-order chi connectivity index (χ1) is 9.67. The Morgan fingerprint density at radius 3 is 2.65 bits per heavy atom. The van der Waals surface area contributed by atoms with E-state index in [4.69, 9.17) is 10.3 Å². The van der Waals surface area contributed by atoms with Crippen LogP contribution in [0.4, 0.5) is 0 Å². The third-order valence-electron chi connectivity index (χ3n) is 3.87. The van der Waals surface area contributed by atoms with Crippen molar-refractivity contribution in [2.24, 2.45) is 5.73 Å². The molecule has 0 aliphatic heterocycles. The summed E-state index contributed by atoms with van der Waals surface area (Å²) in [6.07, 6.45) is 6.32. The van der Waals surface area contributed by atoms with Crippen molar-refractivity contribution in [1.29, 1.82) is 0 Å². The number of nitrogens with two attached hydrogens (primary N) is 1. The average Bonchev–Trinajstić information content (AvgIpc) is 2.84. The zero-order valence-electron chi connectivity index (χ0n) is 11.3. The van der Waals surface area contributed by atoms with Crippen LogP contribution in [-0.2, 0) is 5.54 Å². The predicted octanol–water partition coefficient (Wildman–Crippen LogP) is 1.93. The lowest BCUT2D eigenvalue weighted by Gasteiger charge is -2.23. The van der Waals surface area contributed by atoms with E-state index >= 15 is 0 Å². The van der Waals surface area contributed by atoms with Crippen molar-refractivity contribution in [3.63, 3.8) is 0 Å². The van der Waals surface area contributed by atoms with Gasteiger partial charge in [-0.25, -0.2) is 0 Å². The first-order valence-corrected chi connectivity index (χ1v) is 7.00. The van der Waals surface area contributed by atoms with E-state index in [2.05, 4.69) is 15.1 Å². The molecule has 0 atom stereocenters. The van der Waals surface area contributed by atoms with Crippen molar-refractivity contribution in [1.82, 2.24) is 15.1 Å². The monoisotopic (exact) mass is 274 g/mol. The zero-order valence-corrected chi connectivity index (χ0v) is 11.3. The molecule has 0 unspecified atom stereocenters. The molecule has 0 amide bonds. The quantitative estimate of drug-likeness (QED) is 0.815. The van der Waals surface area contributed by atoms with Gasteiger partial charge in [-0.15, -0.1) is 0 Å². The Hall–Kier alpha value is -1.95. The van der Waals surface area contributed by atoms with Gasteiger partial charge in [-0.05, 0) is 18.9 Å². The van der Waals surface area contributed by atoms with Gasteiger partial charge in [0.05, 0.1) is 5.54 Å². The number of hydrogen-bond acceptors (Lipinski definition) is 5. The molecule has 6 nitrogen and oxygen atoms in total. The van der Waals surface area contributed by atoms with Crippen LogP contribution in [0.25, 0.3) is 11.6 Å². The number of nitrogens with zero attached hydrogens (tertiary/aromatic N) is 2. The zero-order chi connectivity index (χ0) is 14.0. The van der Waals surface area contributed by atoms with E-state index in [0.29, 0.717) is 17.4 Å². The van der Waals surface area contributed by atoms with E-state index < -0.39 is 5.54 Å². The molecule has 20 heavy (non-hydrogen) atoms. The smallest absolute Gasteiger partial charge is 0.274 e. The molecule has 6 heteroatoms. The highest BCUT2D eigenvalue weighted by Gasteiger charge is 2.33. The standard InChI is InChI=1S/C14H18N4O2/c15-14(8-3-1-2-4-9-14)13-17-12(20-18-13)10-6-5-7-11(19)16-10/h5-7H,1-4,8-9,15H2,(H,16,19).